The largest absolute Gasteiger partial charge is 0.485 e. The molecule has 0 N–H and O–H groups in total. The van der Waals surface area contributed by atoms with Gasteiger partial charge in [0, 0.05) is 0 Å². The lowest BCUT2D eigenvalue weighted by atomic mass is 10.2. The van der Waals surface area contributed by atoms with Crippen molar-refractivity contribution in [3.63, 3.8) is 0 Å². The molecule has 4 rings (SSSR count). The van der Waals surface area contributed by atoms with E-state index in [2.05, 4.69) is 14.9 Å². The van der Waals surface area contributed by atoms with Crippen LogP contribution >= 0.6 is 11.8 Å². The van der Waals surface area contributed by atoms with E-state index in [1.807, 2.05) is 31.2 Å². The third-order valence-electron chi connectivity index (χ3n) is 3.90. The molecule has 140 valence electrons. The lowest BCUT2D eigenvalue weighted by molar-refractivity contribution is 0.0563. The molecule has 0 saturated carbocycles. The van der Waals surface area contributed by atoms with Crippen molar-refractivity contribution < 1.29 is 27.8 Å². The molecule has 3 heterocycles. The van der Waals surface area contributed by atoms with Gasteiger partial charge in [-0.2, -0.15) is 0 Å². The molecule has 0 radical (unpaired) electrons. The van der Waals surface area contributed by atoms with Gasteiger partial charge in [0.2, 0.25) is 11.9 Å². The van der Waals surface area contributed by atoms with Crippen molar-refractivity contribution in [1.82, 2.24) is 10.2 Å². The van der Waals surface area contributed by atoms with Gasteiger partial charge < -0.3 is 23.0 Å². The summed E-state index contributed by atoms with van der Waals surface area (Å²) >= 11 is 1.32. The third-order valence-corrected chi connectivity index (χ3v) is 4.85. The fraction of sp³-hybridized carbons (Fsp3) is 0.278. The topological polar surface area (TPSA) is 96.8 Å². The van der Waals surface area contributed by atoms with Crippen LogP contribution in [0.25, 0.3) is 0 Å². The van der Waals surface area contributed by atoms with Gasteiger partial charge in [0.25, 0.3) is 11.1 Å². The van der Waals surface area contributed by atoms with E-state index in [9.17, 15) is 4.79 Å². The first-order valence-electron chi connectivity index (χ1n) is 8.20. The van der Waals surface area contributed by atoms with Crippen LogP contribution in [0.3, 0.4) is 0 Å². The average molecular weight is 388 g/mol. The molecule has 2 unspecified atom stereocenters. The van der Waals surface area contributed by atoms with E-state index in [0.717, 1.165) is 0 Å². The number of fused-ring (bicyclic) bond motifs is 1. The van der Waals surface area contributed by atoms with E-state index in [-0.39, 0.29) is 11.0 Å². The summed E-state index contributed by atoms with van der Waals surface area (Å²) in [4.78, 5) is 11.5. The highest BCUT2D eigenvalue weighted by Gasteiger charge is 2.28. The molecule has 3 aromatic rings. The molecule has 1 aromatic carbocycles. The van der Waals surface area contributed by atoms with E-state index < -0.39 is 12.1 Å². The standard InChI is InChI=1S/C18H16N2O6S/c1-10(11-7-8-14(24-11)17(21)22-2)27-18-20-19-16(26-18)15-9-23-12-5-3-4-6-13(12)25-15/h3-8,10,15H,9H2,1-2H3. The van der Waals surface area contributed by atoms with Crippen LogP contribution in [-0.4, -0.2) is 29.9 Å². The van der Waals surface area contributed by atoms with Gasteiger partial charge in [-0.25, -0.2) is 4.79 Å². The number of carbonyl (C=O) groups is 1. The van der Waals surface area contributed by atoms with E-state index >= 15 is 0 Å². The lowest BCUT2D eigenvalue weighted by Crippen LogP contribution is -2.21. The van der Waals surface area contributed by atoms with Crippen LogP contribution in [0.15, 0.2) is 50.5 Å². The van der Waals surface area contributed by atoms with Gasteiger partial charge in [0.15, 0.2) is 11.5 Å². The second-order valence-corrected chi connectivity index (χ2v) is 7.02. The summed E-state index contributed by atoms with van der Waals surface area (Å²) < 4.78 is 27.4. The molecule has 0 spiro atoms. The highest BCUT2D eigenvalue weighted by Crippen LogP contribution is 2.38. The average Bonchev–Trinajstić information content (AvgIpc) is 3.37. The maximum absolute atomic E-state index is 11.5. The van der Waals surface area contributed by atoms with Crippen LogP contribution in [0, 0.1) is 0 Å². The molecule has 2 atom stereocenters. The predicted molar refractivity (Wildman–Crippen MR) is 93.9 cm³/mol. The Morgan fingerprint density at radius 2 is 2.00 bits per heavy atom. The van der Waals surface area contributed by atoms with Crippen LogP contribution in [0.1, 0.15) is 40.5 Å². The van der Waals surface area contributed by atoms with Crippen LogP contribution in [0.5, 0.6) is 11.5 Å². The minimum atomic E-state index is -0.520. The lowest BCUT2D eigenvalue weighted by Gasteiger charge is -2.23. The van der Waals surface area contributed by atoms with Gasteiger partial charge in [-0.05, 0) is 31.2 Å². The Bertz CT molecular complexity index is 953. The Morgan fingerprint density at radius 3 is 2.81 bits per heavy atom. The predicted octanol–water partition coefficient (Wildman–Crippen LogP) is 3.82. The molecule has 1 aliphatic rings. The van der Waals surface area contributed by atoms with Crippen molar-refractivity contribution in [2.45, 2.75) is 23.5 Å². The molecule has 27 heavy (non-hydrogen) atoms. The van der Waals surface area contributed by atoms with Gasteiger partial charge >= 0.3 is 5.97 Å². The Balaban J connectivity index is 1.42. The summed E-state index contributed by atoms with van der Waals surface area (Å²) in [5.41, 5.74) is 0. The second-order valence-electron chi connectivity index (χ2n) is 5.72. The Kier molecular flexibility index (Phi) is 4.76. The Hall–Kier alpha value is -2.94. The fourth-order valence-electron chi connectivity index (χ4n) is 2.53. The van der Waals surface area contributed by atoms with Crippen LogP contribution < -0.4 is 9.47 Å². The number of hydrogen-bond acceptors (Lipinski definition) is 9. The summed E-state index contributed by atoms with van der Waals surface area (Å²) in [7, 11) is 1.30. The number of para-hydroxylation sites is 2. The first-order valence-corrected chi connectivity index (χ1v) is 9.08. The number of ether oxygens (including phenoxy) is 3. The van der Waals surface area contributed by atoms with E-state index in [1.165, 1.54) is 18.9 Å². The molecule has 2 aromatic heterocycles. The highest BCUT2D eigenvalue weighted by molar-refractivity contribution is 7.99. The van der Waals surface area contributed by atoms with Crippen LogP contribution in [-0.2, 0) is 4.74 Å². The number of rotatable bonds is 5. The Morgan fingerprint density at radius 1 is 1.19 bits per heavy atom. The summed E-state index contributed by atoms with van der Waals surface area (Å²) in [6.45, 7) is 2.20. The number of methoxy groups -OCH3 is 1. The maximum Gasteiger partial charge on any atom is 0.373 e. The molecule has 9 heteroatoms. The van der Waals surface area contributed by atoms with Gasteiger partial charge in [-0.1, -0.05) is 23.9 Å². The molecule has 0 bridgehead atoms. The summed E-state index contributed by atoms with van der Waals surface area (Å²) in [5, 5.41) is 8.34. The van der Waals surface area contributed by atoms with Gasteiger partial charge in [0.1, 0.15) is 12.4 Å². The van der Waals surface area contributed by atoms with Crippen molar-refractivity contribution >= 4 is 17.7 Å². The summed E-state index contributed by atoms with van der Waals surface area (Å²) in [5.74, 6) is 1.90. The molecule has 1 aliphatic heterocycles. The normalized spacial score (nSPS) is 16.7. The number of benzene rings is 1. The smallest absolute Gasteiger partial charge is 0.373 e. The molecule has 0 fully saturated rings. The molecule has 0 aliphatic carbocycles. The number of thioether (sulfide) groups is 1. The third kappa shape index (κ3) is 3.63. The molecular formula is C18H16N2O6S. The highest BCUT2D eigenvalue weighted by atomic mass is 32.2. The minimum Gasteiger partial charge on any atom is -0.485 e. The number of hydrogen-bond donors (Lipinski definition) is 0. The molecular weight excluding hydrogens is 372 g/mol. The van der Waals surface area contributed by atoms with Gasteiger partial charge in [0.05, 0.1) is 12.4 Å². The minimum absolute atomic E-state index is 0.138. The zero-order valence-corrected chi connectivity index (χ0v) is 15.4. The van der Waals surface area contributed by atoms with E-state index in [1.54, 1.807) is 12.1 Å². The summed E-state index contributed by atoms with van der Waals surface area (Å²) in [6.07, 6.45) is -0.466. The van der Waals surface area contributed by atoms with Gasteiger partial charge in [-0.3, -0.25) is 0 Å². The van der Waals surface area contributed by atoms with Crippen LogP contribution in [0.4, 0.5) is 0 Å². The number of esters is 1. The number of carbonyl (C=O) groups excluding carboxylic acids is 1. The molecule has 0 saturated heterocycles. The monoisotopic (exact) mass is 388 g/mol. The van der Waals surface area contributed by atoms with Crippen molar-refractivity contribution in [2.24, 2.45) is 0 Å². The van der Waals surface area contributed by atoms with Crippen LogP contribution in [0.2, 0.25) is 0 Å². The number of aromatic nitrogens is 2. The maximum atomic E-state index is 11.5. The first kappa shape index (κ1) is 17.5. The molecule has 8 nitrogen and oxygen atoms in total. The van der Waals surface area contributed by atoms with E-state index in [4.69, 9.17) is 18.3 Å². The zero-order valence-electron chi connectivity index (χ0n) is 14.6. The number of nitrogens with zero attached hydrogens (tertiary/aromatic N) is 2. The second kappa shape index (κ2) is 7.36. The first-order chi connectivity index (χ1) is 13.1. The fourth-order valence-corrected chi connectivity index (χ4v) is 3.30. The number of furan rings is 1. The van der Waals surface area contributed by atoms with Crippen molar-refractivity contribution in [3.8, 4) is 11.5 Å². The van der Waals surface area contributed by atoms with Crippen molar-refractivity contribution in [3.05, 3.63) is 53.8 Å². The van der Waals surface area contributed by atoms with Crippen molar-refractivity contribution in [1.29, 1.82) is 0 Å². The van der Waals surface area contributed by atoms with E-state index in [0.29, 0.717) is 35.0 Å². The van der Waals surface area contributed by atoms with Gasteiger partial charge in [-0.15, -0.1) is 10.2 Å². The SMILES string of the molecule is COC(=O)c1ccc(C(C)Sc2nnc(C3COc4ccccc4O3)o2)o1. The quantitative estimate of drug-likeness (QED) is 0.477. The Labute approximate surface area is 158 Å². The molecule has 0 amide bonds. The van der Waals surface area contributed by atoms with Crippen molar-refractivity contribution in [2.75, 3.05) is 13.7 Å². The summed E-state index contributed by atoms with van der Waals surface area (Å²) in [6, 6.07) is 10.7. The zero-order chi connectivity index (χ0) is 18.8.